The molecule has 100 valence electrons. The Morgan fingerprint density at radius 2 is 1.94 bits per heavy atom. The summed E-state index contributed by atoms with van der Waals surface area (Å²) < 4.78 is 0. The monoisotopic (exact) mass is 246 g/mol. The molecule has 1 aliphatic carbocycles. The van der Waals surface area contributed by atoms with Crippen LogP contribution >= 0.6 is 0 Å². The molecule has 0 spiro atoms. The maximum absolute atomic E-state index is 6.16. The van der Waals surface area contributed by atoms with Gasteiger partial charge in [0.2, 0.25) is 0 Å². The first kappa shape index (κ1) is 13.6. The van der Waals surface area contributed by atoms with E-state index in [0.717, 1.165) is 26.1 Å². The Hall–Kier alpha value is -0.860. The Kier molecular flexibility index (Phi) is 4.41. The van der Waals surface area contributed by atoms with Crippen molar-refractivity contribution < 1.29 is 0 Å². The second kappa shape index (κ2) is 5.85. The number of nitrogens with zero attached hydrogens (tertiary/aromatic N) is 1. The highest BCUT2D eigenvalue weighted by Crippen LogP contribution is 2.32. The third kappa shape index (κ3) is 2.45. The highest BCUT2D eigenvalue weighted by atomic mass is 15.2. The highest BCUT2D eigenvalue weighted by molar-refractivity contribution is 5.32. The van der Waals surface area contributed by atoms with Gasteiger partial charge in [-0.25, -0.2) is 0 Å². The van der Waals surface area contributed by atoms with E-state index in [-0.39, 0.29) is 5.54 Å². The average Bonchev–Trinajstić information content (AvgIpc) is 2.44. The van der Waals surface area contributed by atoms with Crippen molar-refractivity contribution in [2.45, 2.75) is 45.1 Å². The molecule has 0 fully saturated rings. The second-order valence-corrected chi connectivity index (χ2v) is 5.45. The smallest absolute Gasteiger partial charge is 0.0375 e. The molecular weight excluding hydrogens is 220 g/mol. The molecule has 18 heavy (non-hydrogen) atoms. The number of hydrogen-bond acceptors (Lipinski definition) is 2. The molecule has 0 amide bonds. The van der Waals surface area contributed by atoms with Gasteiger partial charge in [0.1, 0.15) is 0 Å². The van der Waals surface area contributed by atoms with Crippen LogP contribution in [0.15, 0.2) is 24.3 Å². The summed E-state index contributed by atoms with van der Waals surface area (Å²) >= 11 is 0. The SMILES string of the molecule is CCCN(CC)C1(CN)CCc2ccccc2C1. The number of hydrogen-bond donors (Lipinski definition) is 1. The van der Waals surface area contributed by atoms with Crippen LogP contribution in [0.1, 0.15) is 37.8 Å². The Morgan fingerprint density at radius 1 is 1.22 bits per heavy atom. The van der Waals surface area contributed by atoms with Crippen molar-refractivity contribution in [1.29, 1.82) is 0 Å². The first-order valence-electron chi connectivity index (χ1n) is 7.27. The standard InChI is InChI=1S/C16H26N2/c1-3-11-18(4-2)16(13-17)10-9-14-7-5-6-8-15(14)12-16/h5-8H,3-4,9-13,17H2,1-2H3. The lowest BCUT2D eigenvalue weighted by atomic mass is 9.76. The van der Waals surface area contributed by atoms with Gasteiger partial charge in [0, 0.05) is 12.1 Å². The number of aryl methyl sites for hydroxylation is 1. The van der Waals surface area contributed by atoms with Crippen molar-refractivity contribution in [3.63, 3.8) is 0 Å². The van der Waals surface area contributed by atoms with Gasteiger partial charge < -0.3 is 5.73 Å². The summed E-state index contributed by atoms with van der Waals surface area (Å²) in [7, 11) is 0. The van der Waals surface area contributed by atoms with Crippen LogP contribution in [0, 0.1) is 0 Å². The minimum atomic E-state index is 0.194. The van der Waals surface area contributed by atoms with Crippen molar-refractivity contribution >= 4 is 0 Å². The first-order valence-corrected chi connectivity index (χ1v) is 7.27. The minimum Gasteiger partial charge on any atom is -0.329 e. The molecular formula is C16H26N2. The van der Waals surface area contributed by atoms with Crippen LogP contribution < -0.4 is 5.73 Å². The van der Waals surface area contributed by atoms with E-state index >= 15 is 0 Å². The van der Waals surface area contributed by atoms with E-state index in [0.29, 0.717) is 0 Å². The van der Waals surface area contributed by atoms with E-state index < -0.39 is 0 Å². The van der Waals surface area contributed by atoms with E-state index in [2.05, 4.69) is 43.0 Å². The Balaban J connectivity index is 2.25. The predicted molar refractivity (Wildman–Crippen MR) is 77.8 cm³/mol. The van der Waals surface area contributed by atoms with Gasteiger partial charge in [-0.05, 0) is 49.9 Å². The third-order valence-electron chi connectivity index (χ3n) is 4.42. The summed E-state index contributed by atoms with van der Waals surface area (Å²) in [6.07, 6.45) is 4.70. The second-order valence-electron chi connectivity index (χ2n) is 5.45. The lowest BCUT2D eigenvalue weighted by Crippen LogP contribution is -2.57. The van der Waals surface area contributed by atoms with Crippen LogP contribution in [0.5, 0.6) is 0 Å². The number of fused-ring (bicyclic) bond motifs is 1. The van der Waals surface area contributed by atoms with Crippen molar-refractivity contribution in [3.05, 3.63) is 35.4 Å². The summed E-state index contributed by atoms with van der Waals surface area (Å²) in [6.45, 7) is 7.55. The molecule has 0 bridgehead atoms. The van der Waals surface area contributed by atoms with Crippen LogP contribution in [0.2, 0.25) is 0 Å². The number of likely N-dealkylation sites (N-methyl/N-ethyl adjacent to an activating group) is 1. The van der Waals surface area contributed by atoms with Gasteiger partial charge >= 0.3 is 0 Å². The Morgan fingerprint density at radius 3 is 2.56 bits per heavy atom. The summed E-state index contributed by atoms with van der Waals surface area (Å²) in [5.41, 5.74) is 9.38. The molecule has 2 nitrogen and oxygen atoms in total. The summed E-state index contributed by atoms with van der Waals surface area (Å²) in [5, 5.41) is 0. The van der Waals surface area contributed by atoms with Crippen molar-refractivity contribution in [3.8, 4) is 0 Å². The number of nitrogens with two attached hydrogens (primary N) is 1. The lowest BCUT2D eigenvalue weighted by Gasteiger charge is -2.46. The summed E-state index contributed by atoms with van der Waals surface area (Å²) in [6, 6.07) is 8.85. The molecule has 1 aliphatic rings. The number of benzene rings is 1. The molecule has 0 saturated heterocycles. The van der Waals surface area contributed by atoms with Crippen LogP contribution in [-0.2, 0) is 12.8 Å². The zero-order valence-corrected chi connectivity index (χ0v) is 11.8. The molecule has 0 saturated carbocycles. The van der Waals surface area contributed by atoms with E-state index in [9.17, 15) is 0 Å². The van der Waals surface area contributed by atoms with E-state index in [1.807, 2.05) is 0 Å². The molecule has 1 unspecified atom stereocenters. The fourth-order valence-corrected chi connectivity index (χ4v) is 3.36. The molecule has 0 aliphatic heterocycles. The molecule has 0 aromatic heterocycles. The molecule has 2 N–H and O–H groups in total. The van der Waals surface area contributed by atoms with E-state index in [1.165, 1.54) is 30.4 Å². The van der Waals surface area contributed by atoms with Crippen LogP contribution in [-0.4, -0.2) is 30.1 Å². The fraction of sp³-hybridized carbons (Fsp3) is 0.625. The van der Waals surface area contributed by atoms with Crippen molar-refractivity contribution in [1.82, 2.24) is 4.90 Å². The van der Waals surface area contributed by atoms with Crippen LogP contribution in [0.4, 0.5) is 0 Å². The van der Waals surface area contributed by atoms with Gasteiger partial charge in [-0.3, -0.25) is 4.90 Å². The quantitative estimate of drug-likeness (QED) is 0.865. The predicted octanol–water partition coefficient (Wildman–Crippen LogP) is 2.60. The molecule has 1 aromatic rings. The fourth-order valence-electron chi connectivity index (χ4n) is 3.36. The molecule has 2 rings (SSSR count). The molecule has 1 atom stereocenters. The van der Waals surface area contributed by atoms with Gasteiger partial charge in [0.05, 0.1) is 0 Å². The van der Waals surface area contributed by atoms with Gasteiger partial charge in [0.15, 0.2) is 0 Å². The highest BCUT2D eigenvalue weighted by Gasteiger charge is 2.37. The van der Waals surface area contributed by atoms with Gasteiger partial charge in [0.25, 0.3) is 0 Å². The molecule has 0 heterocycles. The zero-order chi connectivity index (χ0) is 13.0. The average molecular weight is 246 g/mol. The van der Waals surface area contributed by atoms with Gasteiger partial charge in [-0.1, -0.05) is 38.1 Å². The lowest BCUT2D eigenvalue weighted by molar-refractivity contribution is 0.0848. The molecule has 2 heteroatoms. The molecule has 1 aromatic carbocycles. The van der Waals surface area contributed by atoms with Gasteiger partial charge in [-0.15, -0.1) is 0 Å². The Bertz CT molecular complexity index is 388. The summed E-state index contributed by atoms with van der Waals surface area (Å²) in [4.78, 5) is 2.60. The maximum atomic E-state index is 6.16. The van der Waals surface area contributed by atoms with Crippen LogP contribution in [0.3, 0.4) is 0 Å². The first-order chi connectivity index (χ1) is 8.75. The normalized spacial score (nSPS) is 23.1. The minimum absolute atomic E-state index is 0.194. The van der Waals surface area contributed by atoms with Crippen LogP contribution in [0.25, 0.3) is 0 Å². The van der Waals surface area contributed by atoms with Crippen molar-refractivity contribution in [2.24, 2.45) is 5.73 Å². The zero-order valence-electron chi connectivity index (χ0n) is 11.8. The van der Waals surface area contributed by atoms with E-state index in [1.54, 1.807) is 0 Å². The molecule has 0 radical (unpaired) electrons. The topological polar surface area (TPSA) is 29.3 Å². The number of rotatable bonds is 5. The van der Waals surface area contributed by atoms with E-state index in [4.69, 9.17) is 5.73 Å². The Labute approximate surface area is 111 Å². The summed E-state index contributed by atoms with van der Waals surface area (Å²) in [5.74, 6) is 0. The third-order valence-corrected chi connectivity index (χ3v) is 4.42. The largest absolute Gasteiger partial charge is 0.329 e. The maximum Gasteiger partial charge on any atom is 0.0375 e. The van der Waals surface area contributed by atoms with Crippen molar-refractivity contribution in [2.75, 3.05) is 19.6 Å². The van der Waals surface area contributed by atoms with Gasteiger partial charge in [-0.2, -0.15) is 0 Å².